The monoisotopic (exact) mass is 290 g/mol. The predicted octanol–water partition coefficient (Wildman–Crippen LogP) is 3.47. The number of rotatable bonds is 6. The Labute approximate surface area is 129 Å². The average molecular weight is 290 g/mol. The number of nitrogens with one attached hydrogen (secondary N) is 1. The SMILES string of the molecule is CCNC(CN1CCC(C)CC1C)c1cccc(OC)c1. The summed E-state index contributed by atoms with van der Waals surface area (Å²) in [5.41, 5.74) is 1.32. The van der Waals surface area contributed by atoms with Crippen molar-refractivity contribution in [2.45, 2.75) is 45.7 Å². The number of benzene rings is 1. The van der Waals surface area contributed by atoms with Crippen molar-refractivity contribution >= 4 is 0 Å². The minimum absolute atomic E-state index is 0.376. The van der Waals surface area contributed by atoms with E-state index in [1.165, 1.54) is 24.9 Å². The lowest BCUT2D eigenvalue weighted by Gasteiger charge is -2.38. The molecule has 1 fully saturated rings. The van der Waals surface area contributed by atoms with Crippen LogP contribution >= 0.6 is 0 Å². The molecular formula is C18H30N2O. The molecule has 1 N–H and O–H groups in total. The molecule has 0 spiro atoms. The molecule has 0 aromatic heterocycles. The predicted molar refractivity (Wildman–Crippen MR) is 88.8 cm³/mol. The molecule has 3 unspecified atom stereocenters. The molecular weight excluding hydrogens is 260 g/mol. The third-order valence-corrected chi connectivity index (χ3v) is 4.64. The van der Waals surface area contributed by atoms with Gasteiger partial charge in [0.05, 0.1) is 7.11 Å². The quantitative estimate of drug-likeness (QED) is 0.868. The zero-order chi connectivity index (χ0) is 15.2. The van der Waals surface area contributed by atoms with Gasteiger partial charge in [0.1, 0.15) is 5.75 Å². The van der Waals surface area contributed by atoms with Crippen LogP contribution in [0.3, 0.4) is 0 Å². The number of hydrogen-bond donors (Lipinski definition) is 1. The lowest BCUT2D eigenvalue weighted by molar-refractivity contribution is 0.117. The first-order valence-electron chi connectivity index (χ1n) is 8.25. The van der Waals surface area contributed by atoms with Gasteiger partial charge in [0.2, 0.25) is 0 Å². The summed E-state index contributed by atoms with van der Waals surface area (Å²) in [4.78, 5) is 2.63. The van der Waals surface area contributed by atoms with E-state index in [4.69, 9.17) is 4.74 Å². The van der Waals surface area contributed by atoms with Crippen LogP contribution < -0.4 is 10.1 Å². The molecule has 1 saturated heterocycles. The van der Waals surface area contributed by atoms with Crippen LogP contribution in [0.5, 0.6) is 5.75 Å². The molecule has 0 saturated carbocycles. The first-order valence-corrected chi connectivity index (χ1v) is 8.25. The number of piperidine rings is 1. The normalized spacial score (nSPS) is 24.8. The van der Waals surface area contributed by atoms with Crippen molar-refractivity contribution in [2.24, 2.45) is 5.92 Å². The molecule has 21 heavy (non-hydrogen) atoms. The summed E-state index contributed by atoms with van der Waals surface area (Å²) in [6.45, 7) is 10.2. The third kappa shape index (κ3) is 4.45. The van der Waals surface area contributed by atoms with Crippen LogP contribution in [0.4, 0.5) is 0 Å². The van der Waals surface area contributed by atoms with Crippen molar-refractivity contribution < 1.29 is 4.74 Å². The van der Waals surface area contributed by atoms with E-state index in [-0.39, 0.29) is 0 Å². The molecule has 0 aliphatic carbocycles. The molecule has 2 rings (SSSR count). The van der Waals surface area contributed by atoms with Gasteiger partial charge in [-0.05, 0) is 56.5 Å². The molecule has 1 heterocycles. The van der Waals surface area contributed by atoms with Crippen molar-refractivity contribution in [3.8, 4) is 5.75 Å². The minimum Gasteiger partial charge on any atom is -0.497 e. The number of likely N-dealkylation sites (N-methyl/N-ethyl adjacent to an activating group) is 1. The standard InChI is InChI=1S/C18H30N2O/c1-5-19-18(16-7-6-8-17(12-16)21-4)13-20-10-9-14(2)11-15(20)3/h6-8,12,14-15,18-19H,5,9-11,13H2,1-4H3. The highest BCUT2D eigenvalue weighted by atomic mass is 16.5. The van der Waals surface area contributed by atoms with E-state index in [0.717, 1.165) is 24.8 Å². The van der Waals surface area contributed by atoms with Crippen LogP contribution in [0, 0.1) is 5.92 Å². The Morgan fingerprint density at radius 3 is 2.86 bits per heavy atom. The molecule has 0 radical (unpaired) electrons. The van der Waals surface area contributed by atoms with Crippen molar-refractivity contribution in [1.82, 2.24) is 10.2 Å². The number of methoxy groups -OCH3 is 1. The number of ether oxygens (including phenoxy) is 1. The van der Waals surface area contributed by atoms with Crippen molar-refractivity contribution in [3.63, 3.8) is 0 Å². The first kappa shape index (κ1) is 16.3. The Morgan fingerprint density at radius 2 is 2.19 bits per heavy atom. The number of likely N-dealkylation sites (tertiary alicyclic amines) is 1. The van der Waals surface area contributed by atoms with Gasteiger partial charge in [-0.25, -0.2) is 0 Å². The molecule has 1 aromatic rings. The summed E-state index contributed by atoms with van der Waals surface area (Å²) >= 11 is 0. The van der Waals surface area contributed by atoms with Crippen LogP contribution in [0.1, 0.15) is 45.2 Å². The maximum absolute atomic E-state index is 5.37. The fraction of sp³-hybridized carbons (Fsp3) is 0.667. The van der Waals surface area contributed by atoms with E-state index >= 15 is 0 Å². The average Bonchev–Trinajstić information content (AvgIpc) is 2.49. The van der Waals surface area contributed by atoms with Crippen LogP contribution in [-0.2, 0) is 0 Å². The van der Waals surface area contributed by atoms with Crippen molar-refractivity contribution in [1.29, 1.82) is 0 Å². The lowest BCUT2D eigenvalue weighted by Crippen LogP contribution is -2.44. The maximum Gasteiger partial charge on any atom is 0.119 e. The zero-order valence-corrected chi connectivity index (χ0v) is 13.9. The summed E-state index contributed by atoms with van der Waals surface area (Å²) < 4.78 is 5.37. The summed E-state index contributed by atoms with van der Waals surface area (Å²) in [7, 11) is 1.73. The molecule has 3 nitrogen and oxygen atoms in total. The highest BCUT2D eigenvalue weighted by Crippen LogP contribution is 2.26. The highest BCUT2D eigenvalue weighted by molar-refractivity contribution is 5.30. The van der Waals surface area contributed by atoms with Crippen molar-refractivity contribution in [3.05, 3.63) is 29.8 Å². The van der Waals surface area contributed by atoms with Gasteiger partial charge in [-0.3, -0.25) is 4.90 Å². The maximum atomic E-state index is 5.37. The van der Waals surface area contributed by atoms with Gasteiger partial charge in [0.15, 0.2) is 0 Å². The second kappa shape index (κ2) is 7.81. The van der Waals surface area contributed by atoms with E-state index in [0.29, 0.717) is 12.1 Å². The molecule has 118 valence electrons. The van der Waals surface area contributed by atoms with E-state index in [1.54, 1.807) is 7.11 Å². The number of nitrogens with zero attached hydrogens (tertiary/aromatic N) is 1. The lowest BCUT2D eigenvalue weighted by atomic mass is 9.92. The van der Waals surface area contributed by atoms with Crippen LogP contribution in [0.2, 0.25) is 0 Å². The van der Waals surface area contributed by atoms with Crippen LogP contribution in [0.15, 0.2) is 24.3 Å². The van der Waals surface area contributed by atoms with Crippen molar-refractivity contribution in [2.75, 3.05) is 26.7 Å². The molecule has 1 aliphatic rings. The Kier molecular flexibility index (Phi) is 6.07. The van der Waals surface area contributed by atoms with Crippen LogP contribution in [0.25, 0.3) is 0 Å². The highest BCUT2D eigenvalue weighted by Gasteiger charge is 2.25. The Morgan fingerprint density at radius 1 is 1.38 bits per heavy atom. The topological polar surface area (TPSA) is 24.5 Å². The Balaban J connectivity index is 2.07. The summed E-state index contributed by atoms with van der Waals surface area (Å²) in [5, 5.41) is 3.63. The summed E-state index contributed by atoms with van der Waals surface area (Å²) in [6, 6.07) is 9.51. The van der Waals surface area contributed by atoms with Gasteiger partial charge in [-0.1, -0.05) is 26.0 Å². The molecule has 1 aliphatic heterocycles. The molecule has 3 atom stereocenters. The van der Waals surface area contributed by atoms with Crippen LogP contribution in [-0.4, -0.2) is 37.7 Å². The third-order valence-electron chi connectivity index (χ3n) is 4.64. The smallest absolute Gasteiger partial charge is 0.119 e. The Bertz CT molecular complexity index is 435. The Hall–Kier alpha value is -1.06. The molecule has 0 bridgehead atoms. The first-order chi connectivity index (χ1) is 10.1. The fourth-order valence-corrected chi connectivity index (χ4v) is 3.35. The molecule has 3 heteroatoms. The van der Waals surface area contributed by atoms with Gasteiger partial charge >= 0.3 is 0 Å². The fourth-order valence-electron chi connectivity index (χ4n) is 3.35. The van der Waals surface area contributed by atoms with Gasteiger partial charge < -0.3 is 10.1 Å². The van der Waals surface area contributed by atoms with Gasteiger partial charge in [-0.2, -0.15) is 0 Å². The van der Waals surface area contributed by atoms with Gasteiger partial charge in [-0.15, -0.1) is 0 Å². The van der Waals surface area contributed by atoms with E-state index < -0.39 is 0 Å². The second-order valence-corrected chi connectivity index (χ2v) is 6.36. The molecule has 1 aromatic carbocycles. The van der Waals surface area contributed by atoms with E-state index in [9.17, 15) is 0 Å². The number of hydrogen-bond acceptors (Lipinski definition) is 3. The van der Waals surface area contributed by atoms with Gasteiger partial charge in [0.25, 0.3) is 0 Å². The largest absolute Gasteiger partial charge is 0.497 e. The zero-order valence-electron chi connectivity index (χ0n) is 13.9. The second-order valence-electron chi connectivity index (χ2n) is 6.36. The summed E-state index contributed by atoms with van der Waals surface area (Å²) in [5.74, 6) is 1.81. The summed E-state index contributed by atoms with van der Waals surface area (Å²) in [6.07, 6.45) is 2.64. The van der Waals surface area contributed by atoms with E-state index in [2.05, 4.69) is 49.2 Å². The van der Waals surface area contributed by atoms with Gasteiger partial charge in [0, 0.05) is 18.6 Å². The molecule has 0 amide bonds. The van der Waals surface area contributed by atoms with E-state index in [1.807, 2.05) is 6.07 Å². The minimum atomic E-state index is 0.376.